The third-order valence-electron chi connectivity index (χ3n) is 12.6. The third-order valence-corrected chi connectivity index (χ3v) is 12.6. The van der Waals surface area contributed by atoms with Gasteiger partial charge >= 0.3 is 0 Å². The molecular weight excluding hydrogens is 833 g/mol. The molecule has 13 rings (SSSR count). The van der Waals surface area contributed by atoms with Gasteiger partial charge in [-0.05, 0) is 77.9 Å². The second kappa shape index (κ2) is 16.2. The first-order valence-corrected chi connectivity index (χ1v) is 22.6. The average molecular weight is 871 g/mol. The minimum absolute atomic E-state index is 0.501. The van der Waals surface area contributed by atoms with Gasteiger partial charge in [0.1, 0.15) is 11.6 Å². The zero-order valence-electron chi connectivity index (χ0n) is 36.5. The molecule has 0 bridgehead atoms. The molecule has 0 spiro atoms. The van der Waals surface area contributed by atoms with Crippen molar-refractivity contribution in [2.24, 2.45) is 0 Å². The van der Waals surface area contributed by atoms with Crippen LogP contribution in [0, 0.1) is 0 Å². The Kier molecular flexibility index (Phi) is 9.31. The molecule has 0 fully saturated rings. The summed E-state index contributed by atoms with van der Waals surface area (Å²) in [5, 5.41) is 4.67. The Bertz CT molecular complexity index is 3760. The van der Waals surface area contributed by atoms with E-state index < -0.39 is 0 Å². The number of hydrogen-bond acceptors (Lipinski definition) is 6. The van der Waals surface area contributed by atoms with E-state index in [9.17, 15) is 0 Å². The fraction of sp³-hybridized carbons (Fsp3) is 0. The van der Waals surface area contributed by atoms with Gasteiger partial charge in [-0.2, -0.15) is 0 Å². The van der Waals surface area contributed by atoms with Crippen LogP contribution in [0.2, 0.25) is 0 Å². The van der Waals surface area contributed by atoms with Crippen LogP contribution in [0.1, 0.15) is 0 Å². The fourth-order valence-electron chi connectivity index (χ4n) is 9.46. The number of para-hydroxylation sites is 4. The summed E-state index contributed by atoms with van der Waals surface area (Å²) < 4.78 is 4.45. The summed E-state index contributed by atoms with van der Waals surface area (Å²) in [6.45, 7) is 0. The highest BCUT2D eigenvalue weighted by molar-refractivity contribution is 6.10. The zero-order valence-corrected chi connectivity index (χ0v) is 36.5. The average Bonchev–Trinajstić information content (AvgIpc) is 3.94. The first kappa shape index (κ1) is 39.0. The molecule has 0 aliphatic heterocycles. The van der Waals surface area contributed by atoms with Crippen LogP contribution in [0.5, 0.6) is 0 Å². The van der Waals surface area contributed by atoms with Crippen molar-refractivity contribution in [3.05, 3.63) is 231 Å². The van der Waals surface area contributed by atoms with E-state index in [0.717, 1.165) is 61.5 Å². The van der Waals surface area contributed by atoms with E-state index >= 15 is 0 Å². The summed E-state index contributed by atoms with van der Waals surface area (Å²) in [5.74, 6) is 3.19. The molecule has 0 radical (unpaired) electrons. The van der Waals surface area contributed by atoms with E-state index in [2.05, 4.69) is 167 Å². The maximum absolute atomic E-state index is 5.39. The van der Waals surface area contributed by atoms with Crippen molar-refractivity contribution in [3.8, 4) is 79.7 Å². The van der Waals surface area contributed by atoms with Crippen LogP contribution in [0.3, 0.4) is 0 Å². The predicted octanol–water partition coefficient (Wildman–Crippen LogP) is 14.3. The van der Waals surface area contributed by atoms with Crippen LogP contribution < -0.4 is 0 Å². The topological polar surface area (TPSA) is 87.2 Å². The van der Waals surface area contributed by atoms with Crippen LogP contribution in [-0.2, 0) is 0 Å². The third kappa shape index (κ3) is 6.78. The van der Waals surface area contributed by atoms with Gasteiger partial charge in [-0.15, -0.1) is 0 Å². The number of hydrogen-bond donors (Lipinski definition) is 0. The summed E-state index contributed by atoms with van der Waals surface area (Å²) in [5.41, 5.74) is 11.7. The fourth-order valence-corrected chi connectivity index (χ4v) is 9.46. The number of rotatable bonds is 8. The van der Waals surface area contributed by atoms with Crippen LogP contribution in [0.25, 0.3) is 123 Å². The first-order chi connectivity index (χ1) is 33.7. The highest BCUT2D eigenvalue weighted by atomic mass is 15.1. The smallest absolute Gasteiger partial charge is 0.164 e. The van der Waals surface area contributed by atoms with Gasteiger partial charge in [-0.3, -0.25) is 9.13 Å². The largest absolute Gasteiger partial charge is 0.294 e. The van der Waals surface area contributed by atoms with Gasteiger partial charge in [0.15, 0.2) is 17.5 Å². The van der Waals surface area contributed by atoms with E-state index in [-0.39, 0.29) is 0 Å². The number of pyridine rings is 3. The Morgan fingerprint density at radius 1 is 0.221 bits per heavy atom. The lowest BCUT2D eigenvalue weighted by Gasteiger charge is -2.13. The summed E-state index contributed by atoms with van der Waals surface area (Å²) in [4.78, 5) is 31.7. The molecule has 0 atom stereocenters. The van der Waals surface area contributed by atoms with Gasteiger partial charge in [0.2, 0.25) is 0 Å². The molecule has 0 saturated heterocycles. The molecular formula is C60H38N8. The molecule has 0 N–H and O–H groups in total. The molecule has 6 heterocycles. The zero-order chi connectivity index (χ0) is 45.0. The van der Waals surface area contributed by atoms with Gasteiger partial charge in [-0.25, -0.2) is 29.9 Å². The SMILES string of the molecule is c1ccc(-c2cccc(-c3nc(-c4ccccc4)nc(-c4cc(-c5cccc(-n6c7ccccc7c7ccccc76)n5)nc(-c5cccc(-n6c7ccccc7c7ccccc76)n5)c4)n3)c2)cc1. The Morgan fingerprint density at radius 2 is 0.588 bits per heavy atom. The van der Waals surface area contributed by atoms with Crippen molar-refractivity contribution in [2.75, 3.05) is 0 Å². The molecule has 6 aromatic heterocycles. The highest BCUT2D eigenvalue weighted by Gasteiger charge is 2.20. The van der Waals surface area contributed by atoms with Gasteiger partial charge in [-0.1, -0.05) is 164 Å². The molecule has 318 valence electrons. The van der Waals surface area contributed by atoms with E-state index in [0.29, 0.717) is 40.2 Å². The Labute approximate surface area is 391 Å². The molecule has 8 nitrogen and oxygen atoms in total. The number of benzene rings is 7. The van der Waals surface area contributed by atoms with Crippen molar-refractivity contribution in [1.82, 2.24) is 39.0 Å². The molecule has 0 saturated carbocycles. The summed E-state index contributed by atoms with van der Waals surface area (Å²) in [6.07, 6.45) is 0. The van der Waals surface area contributed by atoms with Crippen LogP contribution in [-0.4, -0.2) is 39.0 Å². The Hall–Kier alpha value is -9.40. The lowest BCUT2D eigenvalue weighted by Crippen LogP contribution is -2.03. The molecule has 0 unspecified atom stereocenters. The van der Waals surface area contributed by atoms with Gasteiger partial charge in [0.05, 0.1) is 44.8 Å². The molecule has 7 aromatic carbocycles. The second-order valence-electron chi connectivity index (χ2n) is 16.7. The van der Waals surface area contributed by atoms with Crippen molar-refractivity contribution in [3.63, 3.8) is 0 Å². The first-order valence-electron chi connectivity index (χ1n) is 22.6. The van der Waals surface area contributed by atoms with Gasteiger partial charge in [0.25, 0.3) is 0 Å². The summed E-state index contributed by atoms with van der Waals surface area (Å²) in [6, 6.07) is 79.0. The van der Waals surface area contributed by atoms with E-state index in [4.69, 9.17) is 29.9 Å². The monoisotopic (exact) mass is 870 g/mol. The molecule has 8 heteroatoms. The molecule has 68 heavy (non-hydrogen) atoms. The number of nitrogens with zero attached hydrogens (tertiary/aromatic N) is 8. The minimum Gasteiger partial charge on any atom is -0.294 e. The lowest BCUT2D eigenvalue weighted by atomic mass is 10.0. The Morgan fingerprint density at radius 3 is 1.07 bits per heavy atom. The molecule has 13 aromatic rings. The minimum atomic E-state index is 0.501. The quantitative estimate of drug-likeness (QED) is 0.151. The van der Waals surface area contributed by atoms with Crippen molar-refractivity contribution in [1.29, 1.82) is 0 Å². The van der Waals surface area contributed by atoms with E-state index in [1.807, 2.05) is 72.8 Å². The van der Waals surface area contributed by atoms with Crippen molar-refractivity contribution >= 4 is 43.6 Å². The van der Waals surface area contributed by atoms with Crippen molar-refractivity contribution in [2.45, 2.75) is 0 Å². The summed E-state index contributed by atoms with van der Waals surface area (Å²) >= 11 is 0. The maximum Gasteiger partial charge on any atom is 0.164 e. The normalized spacial score (nSPS) is 11.5. The second-order valence-corrected chi connectivity index (χ2v) is 16.7. The predicted molar refractivity (Wildman–Crippen MR) is 275 cm³/mol. The van der Waals surface area contributed by atoms with Crippen LogP contribution >= 0.6 is 0 Å². The number of fused-ring (bicyclic) bond motifs is 6. The Balaban J connectivity index is 1.02. The standard InChI is InChI=1S/C60H38N8/c1-3-18-39(19-4-1)41-22-15-23-42(36-41)59-64-58(40-20-5-2-6-21-40)65-60(66-59)43-37-50(48-28-16-34-56(62-48)67-52-30-11-7-24-44(52)45-25-8-12-31-53(45)67)61-51(38-43)49-29-17-35-57(63-49)68-54-32-13-9-26-46(54)47-27-10-14-33-55(47)68/h1-38H. The van der Waals surface area contributed by atoms with Gasteiger partial charge < -0.3 is 0 Å². The molecule has 0 aliphatic rings. The highest BCUT2D eigenvalue weighted by Crippen LogP contribution is 2.36. The molecule has 0 amide bonds. The van der Waals surface area contributed by atoms with Gasteiger partial charge in [0, 0.05) is 38.2 Å². The lowest BCUT2D eigenvalue weighted by molar-refractivity contribution is 1.06. The van der Waals surface area contributed by atoms with Crippen LogP contribution in [0.15, 0.2) is 231 Å². The van der Waals surface area contributed by atoms with E-state index in [1.165, 1.54) is 21.5 Å². The van der Waals surface area contributed by atoms with E-state index in [1.54, 1.807) is 0 Å². The summed E-state index contributed by atoms with van der Waals surface area (Å²) in [7, 11) is 0. The van der Waals surface area contributed by atoms with Crippen LogP contribution in [0.4, 0.5) is 0 Å². The van der Waals surface area contributed by atoms with Crippen molar-refractivity contribution < 1.29 is 0 Å². The number of aromatic nitrogens is 8. The molecule has 0 aliphatic carbocycles. The maximum atomic E-state index is 5.39.